The van der Waals surface area contributed by atoms with Gasteiger partial charge >= 0.3 is 0 Å². The number of aryl methyl sites for hydroxylation is 1. The van der Waals surface area contributed by atoms with Gasteiger partial charge in [-0.1, -0.05) is 35.9 Å². The van der Waals surface area contributed by atoms with Gasteiger partial charge in [-0.3, -0.25) is 4.79 Å². The summed E-state index contributed by atoms with van der Waals surface area (Å²) in [4.78, 5) is 17.3. The molecule has 1 fully saturated rings. The fourth-order valence-corrected chi connectivity index (χ4v) is 3.76. The quantitative estimate of drug-likeness (QED) is 0.714. The van der Waals surface area contributed by atoms with E-state index < -0.39 is 0 Å². The van der Waals surface area contributed by atoms with E-state index in [9.17, 15) is 4.79 Å². The van der Waals surface area contributed by atoms with E-state index in [-0.39, 0.29) is 5.91 Å². The highest BCUT2D eigenvalue weighted by atomic mass is 32.1. The molecule has 3 heterocycles. The minimum absolute atomic E-state index is 0.125. The maximum Gasteiger partial charge on any atom is 0.264 e. The molecule has 0 spiro atoms. The monoisotopic (exact) mass is 364 g/mol. The van der Waals surface area contributed by atoms with Crippen LogP contribution in [0.1, 0.15) is 15.2 Å². The molecule has 1 aromatic carbocycles. The molecule has 26 heavy (non-hydrogen) atoms. The van der Waals surface area contributed by atoms with Crippen LogP contribution >= 0.6 is 11.3 Å². The fraction of sp³-hybridized carbons (Fsp3) is 0.250. The van der Waals surface area contributed by atoms with Crippen LogP contribution in [0.3, 0.4) is 0 Å². The van der Waals surface area contributed by atoms with Crippen LogP contribution in [0, 0.1) is 6.92 Å². The first-order chi connectivity index (χ1) is 12.7. The van der Waals surface area contributed by atoms with Gasteiger partial charge < -0.3 is 9.80 Å². The van der Waals surface area contributed by atoms with E-state index in [1.165, 1.54) is 16.9 Å². The van der Waals surface area contributed by atoms with Crippen molar-refractivity contribution in [3.63, 3.8) is 0 Å². The van der Waals surface area contributed by atoms with Crippen molar-refractivity contribution in [1.82, 2.24) is 15.1 Å². The summed E-state index contributed by atoms with van der Waals surface area (Å²) in [7, 11) is 0. The molecule has 5 nitrogen and oxygen atoms in total. The van der Waals surface area contributed by atoms with Gasteiger partial charge in [-0.25, -0.2) is 0 Å². The molecule has 2 aromatic heterocycles. The molecule has 132 valence electrons. The van der Waals surface area contributed by atoms with Crippen LogP contribution in [0.2, 0.25) is 0 Å². The summed E-state index contributed by atoms with van der Waals surface area (Å²) in [5, 5.41) is 10.7. The molecule has 6 heteroatoms. The smallest absolute Gasteiger partial charge is 0.264 e. The molecule has 0 saturated carbocycles. The number of aromatic nitrogens is 2. The number of piperazine rings is 1. The summed E-state index contributed by atoms with van der Waals surface area (Å²) < 4.78 is 0. The first kappa shape index (κ1) is 16.7. The number of hydrogen-bond donors (Lipinski definition) is 0. The largest absolute Gasteiger partial charge is 0.352 e. The Balaban J connectivity index is 1.40. The predicted molar refractivity (Wildman–Crippen MR) is 105 cm³/mol. The number of carbonyl (C=O) groups is 1. The summed E-state index contributed by atoms with van der Waals surface area (Å²) in [6.45, 7) is 5.03. The number of carbonyl (C=O) groups excluding carboxylic acids is 1. The van der Waals surface area contributed by atoms with Crippen molar-refractivity contribution in [2.75, 3.05) is 31.1 Å². The molecule has 0 atom stereocenters. The Hall–Kier alpha value is -2.73. The number of thiophene rings is 1. The van der Waals surface area contributed by atoms with E-state index in [0.29, 0.717) is 13.1 Å². The number of amides is 1. The van der Waals surface area contributed by atoms with Gasteiger partial charge in [-0.2, -0.15) is 0 Å². The average molecular weight is 364 g/mol. The van der Waals surface area contributed by atoms with Gasteiger partial charge in [0.1, 0.15) is 0 Å². The molecule has 0 radical (unpaired) electrons. The van der Waals surface area contributed by atoms with Crippen molar-refractivity contribution in [3.05, 3.63) is 64.4 Å². The lowest BCUT2D eigenvalue weighted by atomic mass is 10.1. The lowest BCUT2D eigenvalue weighted by Gasteiger charge is -2.35. The van der Waals surface area contributed by atoms with Crippen molar-refractivity contribution >= 4 is 23.1 Å². The van der Waals surface area contributed by atoms with Gasteiger partial charge in [0.15, 0.2) is 5.82 Å². The fourth-order valence-electron chi connectivity index (χ4n) is 3.07. The number of rotatable bonds is 3. The summed E-state index contributed by atoms with van der Waals surface area (Å²) in [6.07, 6.45) is 0. The zero-order valence-electron chi connectivity index (χ0n) is 14.6. The van der Waals surface area contributed by atoms with Crippen LogP contribution in [0.15, 0.2) is 53.9 Å². The number of hydrogen-bond acceptors (Lipinski definition) is 5. The molecule has 0 bridgehead atoms. The normalized spacial score (nSPS) is 14.5. The Labute approximate surface area is 156 Å². The van der Waals surface area contributed by atoms with Gasteiger partial charge in [0.25, 0.3) is 5.91 Å². The molecule has 4 rings (SSSR count). The molecular weight excluding hydrogens is 344 g/mol. The van der Waals surface area contributed by atoms with Gasteiger partial charge in [0.2, 0.25) is 0 Å². The Bertz CT molecular complexity index is 867. The van der Waals surface area contributed by atoms with Gasteiger partial charge in [-0.15, -0.1) is 21.5 Å². The molecule has 1 amide bonds. The average Bonchev–Trinajstić information content (AvgIpc) is 3.23. The Kier molecular flexibility index (Phi) is 4.67. The molecule has 3 aromatic rings. The molecule has 0 N–H and O–H groups in total. The lowest BCUT2D eigenvalue weighted by molar-refractivity contribution is 0.0751. The molecule has 0 aliphatic carbocycles. The number of anilines is 1. The van der Waals surface area contributed by atoms with Crippen molar-refractivity contribution in [1.29, 1.82) is 0 Å². The summed E-state index contributed by atoms with van der Waals surface area (Å²) in [5.41, 5.74) is 3.18. The van der Waals surface area contributed by atoms with Crippen molar-refractivity contribution in [2.24, 2.45) is 0 Å². The molecule has 1 aliphatic rings. The molecule has 1 aliphatic heterocycles. The van der Waals surface area contributed by atoms with Crippen molar-refractivity contribution in [2.45, 2.75) is 6.92 Å². The maximum absolute atomic E-state index is 12.4. The van der Waals surface area contributed by atoms with Gasteiger partial charge in [-0.05, 0) is 30.5 Å². The molecule has 0 unspecified atom stereocenters. The number of nitrogens with zero attached hydrogens (tertiary/aromatic N) is 4. The van der Waals surface area contributed by atoms with Gasteiger partial charge in [0, 0.05) is 31.7 Å². The van der Waals surface area contributed by atoms with Gasteiger partial charge in [0.05, 0.1) is 10.6 Å². The van der Waals surface area contributed by atoms with Crippen LogP contribution in [-0.2, 0) is 0 Å². The topological polar surface area (TPSA) is 49.3 Å². The summed E-state index contributed by atoms with van der Waals surface area (Å²) in [5.74, 6) is 0.990. The zero-order valence-corrected chi connectivity index (χ0v) is 15.4. The van der Waals surface area contributed by atoms with E-state index in [0.717, 1.165) is 35.0 Å². The Morgan fingerprint density at radius 1 is 0.962 bits per heavy atom. The second-order valence-electron chi connectivity index (χ2n) is 6.40. The zero-order chi connectivity index (χ0) is 17.9. The van der Waals surface area contributed by atoms with Crippen LogP contribution in [0.4, 0.5) is 5.82 Å². The number of benzene rings is 1. The van der Waals surface area contributed by atoms with Crippen molar-refractivity contribution < 1.29 is 4.79 Å². The molecule has 1 saturated heterocycles. The third-order valence-corrected chi connectivity index (χ3v) is 5.48. The van der Waals surface area contributed by atoms with Crippen LogP contribution in [0.5, 0.6) is 0 Å². The Morgan fingerprint density at radius 2 is 1.73 bits per heavy atom. The second-order valence-corrected chi connectivity index (χ2v) is 7.35. The molecular formula is C20H20N4OS. The standard InChI is InChI=1S/C20H20N4OS/c1-15-4-6-16(7-5-15)17-8-9-19(22-21-17)23-10-12-24(13-11-23)20(25)18-3-2-14-26-18/h2-9,14H,10-13H2,1H3. The van der Waals surface area contributed by atoms with E-state index >= 15 is 0 Å². The highest BCUT2D eigenvalue weighted by Crippen LogP contribution is 2.20. The third-order valence-electron chi connectivity index (χ3n) is 4.62. The second kappa shape index (κ2) is 7.25. The maximum atomic E-state index is 12.4. The minimum atomic E-state index is 0.125. The van der Waals surface area contributed by atoms with E-state index in [4.69, 9.17) is 0 Å². The van der Waals surface area contributed by atoms with Crippen molar-refractivity contribution in [3.8, 4) is 11.3 Å². The third kappa shape index (κ3) is 3.46. The highest BCUT2D eigenvalue weighted by Gasteiger charge is 2.23. The highest BCUT2D eigenvalue weighted by molar-refractivity contribution is 7.12. The summed E-state index contributed by atoms with van der Waals surface area (Å²) in [6, 6.07) is 16.1. The SMILES string of the molecule is Cc1ccc(-c2ccc(N3CCN(C(=O)c4cccs4)CC3)nn2)cc1. The van der Waals surface area contributed by atoms with E-state index in [1.807, 2.05) is 34.5 Å². The van der Waals surface area contributed by atoms with Crippen LogP contribution in [0.25, 0.3) is 11.3 Å². The first-order valence-corrected chi connectivity index (χ1v) is 9.57. The van der Waals surface area contributed by atoms with E-state index in [2.05, 4.69) is 46.3 Å². The predicted octanol–water partition coefficient (Wildman–Crippen LogP) is 3.48. The first-order valence-electron chi connectivity index (χ1n) is 8.69. The Morgan fingerprint density at radius 3 is 2.35 bits per heavy atom. The lowest BCUT2D eigenvalue weighted by Crippen LogP contribution is -2.48. The minimum Gasteiger partial charge on any atom is -0.352 e. The van der Waals surface area contributed by atoms with Crippen LogP contribution in [-0.4, -0.2) is 47.2 Å². The van der Waals surface area contributed by atoms with Crippen LogP contribution < -0.4 is 4.90 Å². The van der Waals surface area contributed by atoms with E-state index in [1.54, 1.807) is 0 Å². The summed E-state index contributed by atoms with van der Waals surface area (Å²) >= 11 is 1.50.